The van der Waals surface area contributed by atoms with Gasteiger partial charge < -0.3 is 21.1 Å². The zero-order valence-corrected chi connectivity index (χ0v) is 4.92. The lowest BCUT2D eigenvalue weighted by Crippen LogP contribution is -2.14. The van der Waals surface area contributed by atoms with Crippen molar-refractivity contribution >= 4 is 0 Å². The number of hydrogen-bond acceptors (Lipinski definition) is 3. The smallest absolute Gasteiger partial charge is 0.151 e. The van der Waals surface area contributed by atoms with Crippen molar-refractivity contribution in [2.75, 3.05) is 13.2 Å². The average molecular weight is 123 g/mol. The van der Waals surface area contributed by atoms with Crippen LogP contribution in [-0.2, 0) is 4.74 Å². The van der Waals surface area contributed by atoms with Crippen LogP contribution in [0.3, 0.4) is 0 Å². The highest BCUT2D eigenvalue weighted by atomic mass is 16.6. The number of rotatable bonds is 3. The molecule has 4 nitrogen and oxygen atoms in total. The summed E-state index contributed by atoms with van der Waals surface area (Å²) in [5.41, 5.74) is 5.04. The highest BCUT2D eigenvalue weighted by Crippen LogP contribution is 1.78. The summed E-state index contributed by atoms with van der Waals surface area (Å²) in [7, 11) is 0. The third-order valence-electron chi connectivity index (χ3n) is 0.477. The molecule has 0 amide bonds. The van der Waals surface area contributed by atoms with Crippen molar-refractivity contribution in [3.8, 4) is 0 Å². The summed E-state index contributed by atoms with van der Waals surface area (Å²) in [6.07, 6.45) is -0.677. The van der Waals surface area contributed by atoms with Crippen LogP contribution >= 0.6 is 0 Å². The van der Waals surface area contributed by atoms with Gasteiger partial charge in [0.1, 0.15) is 0 Å². The topological polar surface area (TPSA) is 87.0 Å². The molecule has 0 saturated heterocycles. The van der Waals surface area contributed by atoms with Gasteiger partial charge in [-0.25, -0.2) is 0 Å². The molecule has 0 aliphatic heterocycles. The molecule has 0 aromatic carbocycles. The number of aliphatic hydroxyl groups excluding tert-OH is 1. The molecule has 1 unspecified atom stereocenters. The van der Waals surface area contributed by atoms with Gasteiger partial charge in [0.15, 0.2) is 6.29 Å². The molecule has 0 spiro atoms. The Balaban J connectivity index is 0. The Morgan fingerprint density at radius 1 is 1.75 bits per heavy atom. The van der Waals surface area contributed by atoms with E-state index < -0.39 is 6.29 Å². The fourth-order valence-corrected chi connectivity index (χ4v) is 0.239. The quantitative estimate of drug-likeness (QED) is 0.446. The Morgan fingerprint density at radius 3 is 2.38 bits per heavy atom. The molecular formula is C4H13NO3. The normalized spacial score (nSPS) is 12.4. The average Bonchev–Trinajstić information content (AvgIpc) is 1.61. The highest BCUT2D eigenvalue weighted by Gasteiger charge is 1.88. The monoisotopic (exact) mass is 123 g/mol. The molecule has 0 radical (unpaired) electrons. The summed E-state index contributed by atoms with van der Waals surface area (Å²) in [5.74, 6) is 0. The molecule has 0 aromatic heterocycles. The van der Waals surface area contributed by atoms with Gasteiger partial charge in [-0.15, -0.1) is 0 Å². The highest BCUT2D eigenvalue weighted by molar-refractivity contribution is 4.29. The minimum Gasteiger partial charge on any atom is -0.412 e. The third-order valence-corrected chi connectivity index (χ3v) is 0.477. The molecule has 0 heterocycles. The van der Waals surface area contributed by atoms with Crippen LogP contribution in [0.1, 0.15) is 6.92 Å². The van der Waals surface area contributed by atoms with E-state index in [-0.39, 0.29) is 5.48 Å². The van der Waals surface area contributed by atoms with Crippen LogP contribution in [-0.4, -0.2) is 30.0 Å². The Morgan fingerprint density at radius 2 is 2.25 bits per heavy atom. The zero-order chi connectivity index (χ0) is 5.70. The van der Waals surface area contributed by atoms with Gasteiger partial charge in [-0.05, 0) is 6.92 Å². The largest absolute Gasteiger partial charge is 0.412 e. The Hall–Kier alpha value is -0.160. The van der Waals surface area contributed by atoms with Gasteiger partial charge in [0.05, 0.1) is 6.61 Å². The maximum atomic E-state index is 8.41. The Labute approximate surface area is 48.6 Å². The first kappa shape index (κ1) is 10.8. The summed E-state index contributed by atoms with van der Waals surface area (Å²) >= 11 is 0. The number of nitrogens with two attached hydrogens (primary N) is 1. The fraction of sp³-hybridized carbons (Fsp3) is 1.00. The van der Waals surface area contributed by atoms with Gasteiger partial charge in [-0.2, -0.15) is 0 Å². The SMILES string of the molecule is CC(O)OCCN.O. The second-order valence-corrected chi connectivity index (χ2v) is 1.26. The maximum absolute atomic E-state index is 8.41. The molecule has 0 saturated carbocycles. The lowest BCUT2D eigenvalue weighted by Gasteiger charge is -2.02. The predicted octanol–water partition coefficient (Wildman–Crippen LogP) is -1.52. The van der Waals surface area contributed by atoms with E-state index in [9.17, 15) is 0 Å². The summed E-state index contributed by atoms with van der Waals surface area (Å²) in [4.78, 5) is 0. The van der Waals surface area contributed by atoms with Crippen LogP contribution in [0.25, 0.3) is 0 Å². The molecule has 5 N–H and O–H groups in total. The molecule has 0 aliphatic carbocycles. The molecule has 1 atom stereocenters. The maximum Gasteiger partial charge on any atom is 0.151 e. The molecule has 4 heteroatoms. The summed E-state index contributed by atoms with van der Waals surface area (Å²) in [6, 6.07) is 0. The lowest BCUT2D eigenvalue weighted by atomic mass is 10.7. The number of hydrogen-bond donors (Lipinski definition) is 2. The van der Waals surface area contributed by atoms with Crippen molar-refractivity contribution in [2.24, 2.45) is 5.73 Å². The first-order chi connectivity index (χ1) is 3.27. The molecule has 8 heavy (non-hydrogen) atoms. The van der Waals surface area contributed by atoms with Gasteiger partial charge in [0.2, 0.25) is 0 Å². The molecular weight excluding hydrogens is 110 g/mol. The van der Waals surface area contributed by atoms with E-state index in [0.717, 1.165) is 0 Å². The summed E-state index contributed by atoms with van der Waals surface area (Å²) in [6.45, 7) is 2.44. The second-order valence-electron chi connectivity index (χ2n) is 1.26. The van der Waals surface area contributed by atoms with Gasteiger partial charge in [-0.3, -0.25) is 0 Å². The van der Waals surface area contributed by atoms with E-state index in [2.05, 4.69) is 4.74 Å². The van der Waals surface area contributed by atoms with Crippen molar-refractivity contribution in [3.05, 3.63) is 0 Å². The van der Waals surface area contributed by atoms with Crippen LogP contribution in [0.4, 0.5) is 0 Å². The standard InChI is InChI=1S/C4H11NO2.H2O/c1-4(6)7-3-2-5;/h4,6H,2-3,5H2,1H3;1H2. The zero-order valence-electron chi connectivity index (χ0n) is 4.92. The van der Waals surface area contributed by atoms with Crippen molar-refractivity contribution in [1.29, 1.82) is 0 Å². The van der Waals surface area contributed by atoms with E-state index in [4.69, 9.17) is 10.8 Å². The van der Waals surface area contributed by atoms with Crippen molar-refractivity contribution in [1.82, 2.24) is 0 Å². The van der Waals surface area contributed by atoms with E-state index in [1.165, 1.54) is 0 Å². The molecule has 0 bridgehead atoms. The van der Waals surface area contributed by atoms with E-state index >= 15 is 0 Å². The Bertz CT molecular complexity index is 40.3. The lowest BCUT2D eigenvalue weighted by molar-refractivity contribution is -0.0819. The minimum atomic E-state index is -0.677. The number of ether oxygens (including phenoxy) is 1. The second kappa shape index (κ2) is 6.84. The minimum absolute atomic E-state index is 0. The van der Waals surface area contributed by atoms with Crippen LogP contribution in [0.2, 0.25) is 0 Å². The third kappa shape index (κ3) is 9.28. The molecule has 0 rings (SSSR count). The van der Waals surface area contributed by atoms with Gasteiger partial charge in [0.25, 0.3) is 0 Å². The van der Waals surface area contributed by atoms with Crippen molar-refractivity contribution < 1.29 is 15.3 Å². The summed E-state index contributed by atoms with van der Waals surface area (Å²) < 4.78 is 4.62. The van der Waals surface area contributed by atoms with Gasteiger partial charge >= 0.3 is 0 Å². The van der Waals surface area contributed by atoms with Crippen molar-refractivity contribution in [2.45, 2.75) is 13.2 Å². The van der Waals surface area contributed by atoms with Crippen LogP contribution in [0.5, 0.6) is 0 Å². The van der Waals surface area contributed by atoms with Crippen LogP contribution in [0.15, 0.2) is 0 Å². The molecule has 52 valence electrons. The first-order valence-electron chi connectivity index (χ1n) is 2.27. The van der Waals surface area contributed by atoms with Crippen LogP contribution in [0, 0.1) is 0 Å². The van der Waals surface area contributed by atoms with Gasteiger partial charge in [-0.1, -0.05) is 0 Å². The molecule has 0 aromatic rings. The van der Waals surface area contributed by atoms with E-state index in [1.54, 1.807) is 6.92 Å². The predicted molar refractivity (Wildman–Crippen MR) is 30.3 cm³/mol. The van der Waals surface area contributed by atoms with E-state index in [0.29, 0.717) is 13.2 Å². The fourth-order valence-electron chi connectivity index (χ4n) is 0.239. The van der Waals surface area contributed by atoms with E-state index in [1.807, 2.05) is 0 Å². The van der Waals surface area contributed by atoms with Crippen molar-refractivity contribution in [3.63, 3.8) is 0 Å². The first-order valence-corrected chi connectivity index (χ1v) is 2.27. The van der Waals surface area contributed by atoms with Gasteiger partial charge in [0, 0.05) is 6.54 Å². The molecule has 0 fully saturated rings. The summed E-state index contributed by atoms with van der Waals surface area (Å²) in [5, 5.41) is 8.41. The molecule has 0 aliphatic rings. The number of aliphatic hydroxyl groups is 1. The Kier molecular flexibility index (Phi) is 9.20. The van der Waals surface area contributed by atoms with Crippen LogP contribution < -0.4 is 5.73 Å².